The Balaban J connectivity index is 2.46. The number of likely N-dealkylation sites (N-methyl/N-ethyl adjacent to an activating group) is 2. The highest BCUT2D eigenvalue weighted by molar-refractivity contribution is 6.62. The molecule has 1 fully saturated rings. The number of hydrogen-bond donors (Lipinski definition) is 0. The van der Waals surface area contributed by atoms with Crippen molar-refractivity contribution in [3.05, 3.63) is 0 Å². The Hall–Kier alpha value is -0.770. The molecule has 0 aliphatic carbocycles. The standard InChI is InChI=1S/C8H13ClN2O2/c1-10(8(9)13)5-6-3-4-7(12)11(6)2/h6H,3-5H2,1-2H3. The molecule has 5 heteroatoms. The van der Waals surface area contributed by atoms with E-state index < -0.39 is 5.37 Å². The zero-order chi connectivity index (χ0) is 10.0. The Morgan fingerprint density at radius 3 is 2.77 bits per heavy atom. The molecular weight excluding hydrogens is 192 g/mol. The number of hydrogen-bond acceptors (Lipinski definition) is 2. The molecule has 0 aromatic carbocycles. The van der Waals surface area contributed by atoms with Gasteiger partial charge in [0.25, 0.3) is 0 Å². The maximum atomic E-state index is 11.1. The lowest BCUT2D eigenvalue weighted by molar-refractivity contribution is -0.127. The van der Waals surface area contributed by atoms with Crippen LogP contribution < -0.4 is 0 Å². The molecule has 4 nitrogen and oxygen atoms in total. The van der Waals surface area contributed by atoms with Crippen LogP contribution in [0.5, 0.6) is 0 Å². The summed E-state index contributed by atoms with van der Waals surface area (Å²) in [4.78, 5) is 24.9. The van der Waals surface area contributed by atoms with E-state index in [-0.39, 0.29) is 11.9 Å². The summed E-state index contributed by atoms with van der Waals surface area (Å²) in [6.45, 7) is 0.518. The van der Waals surface area contributed by atoms with Crippen LogP contribution in [-0.4, -0.2) is 47.8 Å². The predicted octanol–water partition coefficient (Wildman–Crippen LogP) is 0.898. The zero-order valence-electron chi connectivity index (χ0n) is 7.79. The fraction of sp³-hybridized carbons (Fsp3) is 0.750. The summed E-state index contributed by atoms with van der Waals surface area (Å²) < 4.78 is 0. The van der Waals surface area contributed by atoms with Gasteiger partial charge in [-0.1, -0.05) is 0 Å². The van der Waals surface area contributed by atoms with Crippen molar-refractivity contribution in [2.24, 2.45) is 0 Å². The van der Waals surface area contributed by atoms with Crippen LogP contribution in [-0.2, 0) is 4.79 Å². The largest absolute Gasteiger partial charge is 0.341 e. The quantitative estimate of drug-likeness (QED) is 0.495. The van der Waals surface area contributed by atoms with E-state index in [0.717, 1.165) is 6.42 Å². The number of halogens is 1. The third-order valence-corrected chi connectivity index (χ3v) is 2.71. The Morgan fingerprint density at radius 1 is 1.77 bits per heavy atom. The Kier molecular flexibility index (Phi) is 3.14. The van der Waals surface area contributed by atoms with Crippen molar-refractivity contribution in [3.63, 3.8) is 0 Å². The monoisotopic (exact) mass is 204 g/mol. The molecule has 1 heterocycles. The number of nitrogens with zero attached hydrogens (tertiary/aromatic N) is 2. The number of carbonyl (C=O) groups excluding carboxylic acids is 2. The van der Waals surface area contributed by atoms with E-state index in [0.29, 0.717) is 13.0 Å². The lowest BCUT2D eigenvalue weighted by Gasteiger charge is -2.24. The van der Waals surface area contributed by atoms with Crippen LogP contribution >= 0.6 is 11.6 Å². The molecule has 1 atom stereocenters. The normalized spacial score (nSPS) is 22.2. The van der Waals surface area contributed by atoms with Gasteiger partial charge < -0.3 is 9.80 Å². The van der Waals surface area contributed by atoms with E-state index in [1.807, 2.05) is 0 Å². The molecule has 1 saturated heterocycles. The van der Waals surface area contributed by atoms with E-state index in [1.54, 1.807) is 19.0 Å². The van der Waals surface area contributed by atoms with Gasteiger partial charge in [-0.3, -0.25) is 9.59 Å². The highest BCUT2D eigenvalue weighted by Crippen LogP contribution is 2.17. The minimum Gasteiger partial charge on any atom is -0.341 e. The summed E-state index contributed by atoms with van der Waals surface area (Å²) >= 11 is 5.27. The summed E-state index contributed by atoms with van der Waals surface area (Å²) in [6, 6.07) is 0.125. The van der Waals surface area contributed by atoms with E-state index in [2.05, 4.69) is 0 Å². The highest BCUT2D eigenvalue weighted by Gasteiger charge is 2.28. The van der Waals surface area contributed by atoms with E-state index in [9.17, 15) is 9.59 Å². The molecule has 0 saturated carbocycles. The summed E-state index contributed by atoms with van der Waals surface area (Å²) in [5, 5.41) is -0.479. The minimum absolute atomic E-state index is 0.125. The van der Waals surface area contributed by atoms with Crippen molar-refractivity contribution >= 4 is 22.9 Å². The highest BCUT2D eigenvalue weighted by atomic mass is 35.5. The van der Waals surface area contributed by atoms with Crippen LogP contribution in [0, 0.1) is 0 Å². The van der Waals surface area contributed by atoms with Crippen molar-refractivity contribution in [1.29, 1.82) is 0 Å². The molecule has 1 aliphatic rings. The van der Waals surface area contributed by atoms with Crippen LogP contribution in [0.3, 0.4) is 0 Å². The first-order valence-corrected chi connectivity index (χ1v) is 4.56. The smallest absolute Gasteiger partial charge is 0.316 e. The zero-order valence-corrected chi connectivity index (χ0v) is 8.54. The van der Waals surface area contributed by atoms with Gasteiger partial charge in [0.15, 0.2) is 0 Å². The summed E-state index contributed by atoms with van der Waals surface area (Å²) in [5.41, 5.74) is 0. The molecule has 0 aromatic rings. The lowest BCUT2D eigenvalue weighted by atomic mass is 10.2. The summed E-state index contributed by atoms with van der Waals surface area (Å²) in [6.07, 6.45) is 1.38. The van der Waals surface area contributed by atoms with Crippen molar-refractivity contribution in [2.45, 2.75) is 18.9 Å². The van der Waals surface area contributed by atoms with Gasteiger partial charge in [0.1, 0.15) is 0 Å². The topological polar surface area (TPSA) is 40.6 Å². The van der Waals surface area contributed by atoms with Crippen LogP contribution in [0.2, 0.25) is 0 Å². The predicted molar refractivity (Wildman–Crippen MR) is 49.7 cm³/mol. The molecular formula is C8H13ClN2O2. The Morgan fingerprint density at radius 2 is 2.38 bits per heavy atom. The molecule has 0 radical (unpaired) electrons. The van der Waals surface area contributed by atoms with Gasteiger partial charge in [-0.25, -0.2) is 0 Å². The van der Waals surface area contributed by atoms with Crippen LogP contribution in [0.1, 0.15) is 12.8 Å². The van der Waals surface area contributed by atoms with E-state index in [1.165, 1.54) is 4.90 Å². The van der Waals surface area contributed by atoms with E-state index in [4.69, 9.17) is 11.6 Å². The molecule has 74 valence electrons. The second-order valence-corrected chi connectivity index (χ2v) is 3.65. The van der Waals surface area contributed by atoms with Gasteiger partial charge in [-0.05, 0) is 18.0 Å². The third kappa shape index (κ3) is 2.34. The van der Waals surface area contributed by atoms with Crippen LogP contribution in [0.25, 0.3) is 0 Å². The van der Waals surface area contributed by atoms with E-state index >= 15 is 0 Å². The summed E-state index contributed by atoms with van der Waals surface area (Å²) in [7, 11) is 3.39. The fourth-order valence-corrected chi connectivity index (χ4v) is 1.53. The van der Waals surface area contributed by atoms with Gasteiger partial charge in [0.05, 0.1) is 0 Å². The average molecular weight is 205 g/mol. The molecule has 2 amide bonds. The SMILES string of the molecule is CN(CC1CCC(=O)N1C)C(=O)Cl. The first-order valence-electron chi connectivity index (χ1n) is 4.18. The summed E-state index contributed by atoms with van der Waals surface area (Å²) in [5.74, 6) is 0.139. The fourth-order valence-electron chi connectivity index (χ4n) is 1.47. The number of amides is 2. The molecule has 1 unspecified atom stereocenters. The van der Waals surface area contributed by atoms with Gasteiger partial charge in [0, 0.05) is 33.1 Å². The second kappa shape index (κ2) is 3.96. The van der Waals surface area contributed by atoms with Crippen molar-refractivity contribution in [2.75, 3.05) is 20.6 Å². The Bertz CT molecular complexity index is 232. The van der Waals surface area contributed by atoms with Crippen LogP contribution in [0.15, 0.2) is 0 Å². The molecule has 1 aliphatic heterocycles. The maximum absolute atomic E-state index is 11.1. The van der Waals surface area contributed by atoms with Crippen molar-refractivity contribution in [3.8, 4) is 0 Å². The number of rotatable bonds is 2. The van der Waals surface area contributed by atoms with Gasteiger partial charge in [-0.2, -0.15) is 0 Å². The van der Waals surface area contributed by atoms with Crippen LogP contribution in [0.4, 0.5) is 4.79 Å². The first-order chi connectivity index (χ1) is 6.02. The van der Waals surface area contributed by atoms with Gasteiger partial charge in [0.2, 0.25) is 5.91 Å². The minimum atomic E-state index is -0.479. The average Bonchev–Trinajstić information content (AvgIpc) is 2.36. The lowest BCUT2D eigenvalue weighted by Crippen LogP contribution is -2.39. The molecule has 1 rings (SSSR count). The third-order valence-electron chi connectivity index (χ3n) is 2.42. The molecule has 0 N–H and O–H groups in total. The van der Waals surface area contributed by atoms with Crippen molar-refractivity contribution in [1.82, 2.24) is 9.80 Å². The molecule has 13 heavy (non-hydrogen) atoms. The second-order valence-electron chi connectivity index (χ2n) is 3.33. The van der Waals surface area contributed by atoms with Gasteiger partial charge >= 0.3 is 5.37 Å². The Labute approximate surface area is 82.4 Å². The molecule has 0 spiro atoms. The number of carbonyl (C=O) groups is 2. The molecule has 0 aromatic heterocycles. The number of likely N-dealkylation sites (tertiary alicyclic amines) is 1. The first kappa shape index (κ1) is 10.3. The maximum Gasteiger partial charge on any atom is 0.316 e. The molecule has 0 bridgehead atoms. The van der Waals surface area contributed by atoms with Crippen molar-refractivity contribution < 1.29 is 9.59 Å². The van der Waals surface area contributed by atoms with Gasteiger partial charge in [-0.15, -0.1) is 0 Å².